The van der Waals surface area contributed by atoms with E-state index in [-0.39, 0.29) is 18.4 Å². The van der Waals surface area contributed by atoms with Gasteiger partial charge in [-0.15, -0.1) is 0 Å². The third-order valence-electron chi connectivity index (χ3n) is 3.88. The monoisotopic (exact) mass is 427 g/mol. The fourth-order valence-electron chi connectivity index (χ4n) is 2.51. The van der Waals surface area contributed by atoms with Gasteiger partial charge in [-0.3, -0.25) is 14.6 Å². The molecule has 3 rings (SSSR count). The molecule has 6 nitrogen and oxygen atoms in total. The van der Waals surface area contributed by atoms with Gasteiger partial charge in [0.05, 0.1) is 19.4 Å². The molecular formula is C20H18BrN3O3. The number of rotatable bonds is 7. The van der Waals surface area contributed by atoms with Gasteiger partial charge in [0.1, 0.15) is 5.76 Å². The Labute approximate surface area is 165 Å². The van der Waals surface area contributed by atoms with E-state index in [0.717, 1.165) is 10.0 Å². The van der Waals surface area contributed by atoms with E-state index >= 15 is 0 Å². The minimum Gasteiger partial charge on any atom is -0.467 e. The van der Waals surface area contributed by atoms with Crippen molar-refractivity contribution in [1.82, 2.24) is 15.2 Å². The van der Waals surface area contributed by atoms with Crippen molar-refractivity contribution in [2.24, 2.45) is 0 Å². The van der Waals surface area contributed by atoms with Crippen LogP contribution in [0.5, 0.6) is 0 Å². The number of nitrogens with zero attached hydrogens (tertiary/aromatic N) is 2. The Balaban J connectivity index is 1.64. The van der Waals surface area contributed by atoms with Gasteiger partial charge in [0.25, 0.3) is 5.91 Å². The van der Waals surface area contributed by atoms with Gasteiger partial charge in [-0.05, 0) is 48.0 Å². The van der Waals surface area contributed by atoms with Crippen molar-refractivity contribution in [3.05, 3.63) is 88.5 Å². The minimum absolute atomic E-state index is 0.101. The van der Waals surface area contributed by atoms with Gasteiger partial charge in [-0.2, -0.15) is 0 Å². The van der Waals surface area contributed by atoms with Gasteiger partial charge in [0.2, 0.25) is 5.91 Å². The van der Waals surface area contributed by atoms with E-state index in [1.807, 2.05) is 18.2 Å². The van der Waals surface area contributed by atoms with Gasteiger partial charge in [-0.1, -0.05) is 22.0 Å². The number of pyridine rings is 1. The average Bonchev–Trinajstić information content (AvgIpc) is 3.20. The first-order valence-electron chi connectivity index (χ1n) is 8.34. The van der Waals surface area contributed by atoms with Crippen molar-refractivity contribution < 1.29 is 14.0 Å². The Bertz CT molecular complexity index is 881. The van der Waals surface area contributed by atoms with Crippen LogP contribution in [0.2, 0.25) is 0 Å². The Hall–Kier alpha value is -2.93. The number of carbonyl (C=O) groups excluding carboxylic acids is 2. The molecule has 27 heavy (non-hydrogen) atoms. The summed E-state index contributed by atoms with van der Waals surface area (Å²) in [6.45, 7) is 0.590. The summed E-state index contributed by atoms with van der Waals surface area (Å²) in [5.74, 6) is 0.169. The van der Waals surface area contributed by atoms with Crippen LogP contribution in [0.25, 0.3) is 0 Å². The van der Waals surface area contributed by atoms with E-state index in [1.165, 1.54) is 0 Å². The topological polar surface area (TPSA) is 75.4 Å². The molecular weight excluding hydrogens is 410 g/mol. The smallest absolute Gasteiger partial charge is 0.251 e. The molecule has 1 N–H and O–H groups in total. The molecule has 0 saturated heterocycles. The van der Waals surface area contributed by atoms with E-state index < -0.39 is 0 Å². The number of amides is 2. The average molecular weight is 428 g/mol. The summed E-state index contributed by atoms with van der Waals surface area (Å²) in [6.07, 6.45) is 4.96. The first-order chi connectivity index (χ1) is 13.1. The van der Waals surface area contributed by atoms with Crippen molar-refractivity contribution >= 4 is 27.7 Å². The highest BCUT2D eigenvalue weighted by molar-refractivity contribution is 9.10. The zero-order chi connectivity index (χ0) is 19.1. The van der Waals surface area contributed by atoms with E-state index in [0.29, 0.717) is 24.4 Å². The fraction of sp³-hybridized carbons (Fsp3) is 0.150. The number of furan rings is 1. The molecule has 2 aromatic heterocycles. The van der Waals surface area contributed by atoms with Crippen LogP contribution in [0.4, 0.5) is 0 Å². The van der Waals surface area contributed by atoms with Crippen molar-refractivity contribution in [1.29, 1.82) is 0 Å². The van der Waals surface area contributed by atoms with Gasteiger partial charge >= 0.3 is 0 Å². The SMILES string of the molecule is O=C(NCC(=O)N(Cc1cccnc1)Cc1ccco1)c1ccc(Br)cc1. The molecule has 0 aliphatic rings. The first-order valence-corrected chi connectivity index (χ1v) is 9.14. The molecule has 1 aromatic carbocycles. The Morgan fingerprint density at radius 1 is 1.07 bits per heavy atom. The predicted octanol–water partition coefficient (Wildman–Crippen LogP) is 3.40. The first kappa shape index (κ1) is 18.8. The maximum Gasteiger partial charge on any atom is 0.251 e. The molecule has 7 heteroatoms. The van der Waals surface area contributed by atoms with Gasteiger partial charge in [0, 0.05) is 29.0 Å². The number of nitrogens with one attached hydrogen (secondary N) is 1. The van der Waals surface area contributed by atoms with Crippen molar-refractivity contribution in [2.75, 3.05) is 6.54 Å². The second-order valence-electron chi connectivity index (χ2n) is 5.88. The van der Waals surface area contributed by atoms with Crippen LogP contribution in [0, 0.1) is 0 Å². The largest absolute Gasteiger partial charge is 0.467 e. The molecule has 0 aliphatic carbocycles. The lowest BCUT2D eigenvalue weighted by atomic mass is 10.2. The lowest BCUT2D eigenvalue weighted by molar-refractivity contribution is -0.131. The molecule has 0 unspecified atom stereocenters. The van der Waals surface area contributed by atoms with Crippen LogP contribution in [-0.2, 0) is 17.9 Å². The number of halogens is 1. The summed E-state index contributed by atoms with van der Waals surface area (Å²) >= 11 is 3.33. The molecule has 0 atom stereocenters. The molecule has 138 valence electrons. The Morgan fingerprint density at radius 3 is 2.56 bits per heavy atom. The molecule has 0 radical (unpaired) electrons. The highest BCUT2D eigenvalue weighted by Crippen LogP contribution is 2.12. The molecule has 0 saturated carbocycles. The zero-order valence-electron chi connectivity index (χ0n) is 14.5. The summed E-state index contributed by atoms with van der Waals surface area (Å²) in [6, 6.07) is 14.3. The third kappa shape index (κ3) is 5.52. The second kappa shape index (κ2) is 9.14. The molecule has 3 aromatic rings. The van der Waals surface area contributed by atoms with Crippen LogP contribution in [0.3, 0.4) is 0 Å². The highest BCUT2D eigenvalue weighted by atomic mass is 79.9. The fourth-order valence-corrected chi connectivity index (χ4v) is 2.77. The quantitative estimate of drug-likeness (QED) is 0.626. The van der Waals surface area contributed by atoms with E-state index in [4.69, 9.17) is 4.42 Å². The van der Waals surface area contributed by atoms with Gasteiger partial charge in [-0.25, -0.2) is 0 Å². The van der Waals surface area contributed by atoms with E-state index in [9.17, 15) is 9.59 Å². The highest BCUT2D eigenvalue weighted by Gasteiger charge is 2.17. The summed E-state index contributed by atoms with van der Waals surface area (Å²) in [4.78, 5) is 30.6. The number of benzene rings is 1. The predicted molar refractivity (Wildman–Crippen MR) is 104 cm³/mol. The van der Waals surface area contributed by atoms with Crippen LogP contribution < -0.4 is 5.32 Å². The summed E-state index contributed by atoms with van der Waals surface area (Å²) < 4.78 is 6.24. The summed E-state index contributed by atoms with van der Waals surface area (Å²) in [5, 5.41) is 2.67. The van der Waals surface area contributed by atoms with Crippen molar-refractivity contribution in [3.63, 3.8) is 0 Å². The molecule has 2 amide bonds. The van der Waals surface area contributed by atoms with Crippen LogP contribution in [-0.4, -0.2) is 28.2 Å². The van der Waals surface area contributed by atoms with Gasteiger partial charge in [0.15, 0.2) is 0 Å². The number of carbonyl (C=O) groups is 2. The standard InChI is InChI=1S/C20H18BrN3O3/c21-17-7-5-16(6-8-17)20(26)23-12-19(25)24(14-18-4-2-10-27-18)13-15-3-1-9-22-11-15/h1-11H,12-14H2,(H,23,26). The summed E-state index contributed by atoms with van der Waals surface area (Å²) in [5.41, 5.74) is 1.40. The minimum atomic E-state index is -0.296. The molecule has 0 fully saturated rings. The number of hydrogen-bond donors (Lipinski definition) is 1. The zero-order valence-corrected chi connectivity index (χ0v) is 16.1. The van der Waals surface area contributed by atoms with E-state index in [1.54, 1.807) is 53.9 Å². The lowest BCUT2D eigenvalue weighted by Gasteiger charge is -2.22. The maximum absolute atomic E-state index is 12.7. The van der Waals surface area contributed by atoms with E-state index in [2.05, 4.69) is 26.2 Å². The number of aromatic nitrogens is 1. The Kier molecular flexibility index (Phi) is 6.38. The van der Waals surface area contributed by atoms with Crippen molar-refractivity contribution in [3.8, 4) is 0 Å². The lowest BCUT2D eigenvalue weighted by Crippen LogP contribution is -2.39. The van der Waals surface area contributed by atoms with Crippen LogP contribution in [0.1, 0.15) is 21.7 Å². The summed E-state index contributed by atoms with van der Waals surface area (Å²) in [7, 11) is 0. The molecule has 0 aliphatic heterocycles. The Morgan fingerprint density at radius 2 is 1.89 bits per heavy atom. The maximum atomic E-state index is 12.7. The van der Waals surface area contributed by atoms with Crippen LogP contribution in [0.15, 0.2) is 76.1 Å². The van der Waals surface area contributed by atoms with Gasteiger partial charge < -0.3 is 14.6 Å². The third-order valence-corrected chi connectivity index (χ3v) is 4.41. The number of hydrogen-bond acceptors (Lipinski definition) is 4. The normalized spacial score (nSPS) is 10.4. The molecule has 0 spiro atoms. The molecule has 2 heterocycles. The van der Waals surface area contributed by atoms with Crippen molar-refractivity contribution in [2.45, 2.75) is 13.1 Å². The van der Waals surface area contributed by atoms with Crippen LogP contribution >= 0.6 is 15.9 Å². The molecule has 0 bridgehead atoms. The second-order valence-corrected chi connectivity index (χ2v) is 6.80.